The molecule has 1 heterocycles. The lowest BCUT2D eigenvalue weighted by Gasteiger charge is -2.31. The monoisotopic (exact) mass is 303 g/mol. The summed E-state index contributed by atoms with van der Waals surface area (Å²) in [7, 11) is 0. The van der Waals surface area contributed by atoms with Gasteiger partial charge in [0.15, 0.2) is 6.10 Å². The largest absolute Gasteiger partial charge is 0.458 e. The summed E-state index contributed by atoms with van der Waals surface area (Å²) >= 11 is 0. The van der Waals surface area contributed by atoms with E-state index in [2.05, 4.69) is 4.99 Å². The van der Waals surface area contributed by atoms with Crippen LogP contribution < -0.4 is 0 Å². The lowest BCUT2D eigenvalue weighted by molar-refractivity contribution is -0.164. The molecule has 2 rings (SSSR count). The molecule has 5 nitrogen and oxygen atoms in total. The van der Waals surface area contributed by atoms with Crippen LogP contribution in [0.4, 0.5) is 0 Å². The maximum Gasteiger partial charge on any atom is 0.303 e. The predicted octanol–water partition coefficient (Wildman–Crippen LogP) is 2.73. The number of benzene rings is 1. The molecule has 0 aromatic heterocycles. The topological polar surface area (TPSA) is 65.0 Å². The molecule has 1 aromatic rings. The second kappa shape index (κ2) is 6.30. The van der Waals surface area contributed by atoms with Crippen LogP contribution in [-0.4, -0.2) is 29.5 Å². The number of amides is 1. The standard InChI is InChI=1S/C17H21NO4/c1-11(2)10-14(21-12(3)19)17(4)16(20)18-15(22-17)13-8-6-5-7-9-13/h5-9,11,14H,10H2,1-4H3/t14-,17+/m0/s1. The first-order valence-corrected chi connectivity index (χ1v) is 7.37. The zero-order valence-corrected chi connectivity index (χ0v) is 13.3. The Morgan fingerprint density at radius 3 is 2.50 bits per heavy atom. The van der Waals surface area contributed by atoms with Crippen molar-refractivity contribution in [2.24, 2.45) is 10.9 Å². The molecule has 1 aliphatic rings. The predicted molar refractivity (Wildman–Crippen MR) is 82.5 cm³/mol. The van der Waals surface area contributed by atoms with Gasteiger partial charge >= 0.3 is 5.97 Å². The molecule has 0 N–H and O–H groups in total. The van der Waals surface area contributed by atoms with E-state index in [1.54, 1.807) is 6.92 Å². The first-order valence-electron chi connectivity index (χ1n) is 7.37. The maximum atomic E-state index is 12.4. The molecule has 2 atom stereocenters. The Balaban J connectivity index is 2.26. The number of ether oxygens (including phenoxy) is 2. The van der Waals surface area contributed by atoms with Crippen molar-refractivity contribution < 1.29 is 19.1 Å². The van der Waals surface area contributed by atoms with E-state index in [1.165, 1.54) is 6.92 Å². The molecule has 0 radical (unpaired) electrons. The van der Waals surface area contributed by atoms with Gasteiger partial charge in [-0.05, 0) is 31.4 Å². The minimum Gasteiger partial charge on any atom is -0.458 e. The van der Waals surface area contributed by atoms with Crippen LogP contribution in [0.5, 0.6) is 0 Å². The molecule has 1 aliphatic heterocycles. The highest BCUT2D eigenvalue weighted by atomic mass is 16.6. The minimum atomic E-state index is -1.28. The van der Waals surface area contributed by atoms with Gasteiger partial charge in [-0.15, -0.1) is 0 Å². The van der Waals surface area contributed by atoms with E-state index in [1.807, 2.05) is 44.2 Å². The van der Waals surface area contributed by atoms with E-state index in [0.717, 1.165) is 5.56 Å². The molecular formula is C17H21NO4. The number of rotatable bonds is 5. The van der Waals surface area contributed by atoms with Gasteiger partial charge in [0.2, 0.25) is 11.5 Å². The van der Waals surface area contributed by atoms with E-state index in [-0.39, 0.29) is 11.8 Å². The van der Waals surface area contributed by atoms with E-state index < -0.39 is 23.6 Å². The van der Waals surface area contributed by atoms with Crippen LogP contribution in [0.15, 0.2) is 35.3 Å². The fraction of sp³-hybridized carbons (Fsp3) is 0.471. The summed E-state index contributed by atoms with van der Waals surface area (Å²) in [6.07, 6.45) is -0.137. The van der Waals surface area contributed by atoms with E-state index >= 15 is 0 Å². The molecular weight excluding hydrogens is 282 g/mol. The van der Waals surface area contributed by atoms with Crippen LogP contribution in [0.1, 0.15) is 39.7 Å². The summed E-state index contributed by atoms with van der Waals surface area (Å²) in [6.45, 7) is 6.95. The molecule has 0 aliphatic carbocycles. The van der Waals surface area contributed by atoms with Crippen molar-refractivity contribution in [3.8, 4) is 0 Å². The molecule has 0 saturated carbocycles. The SMILES string of the molecule is CC(=O)O[C@@H](CC(C)C)[C@@]1(C)OC(c2ccccc2)=NC1=O. The van der Waals surface area contributed by atoms with Crippen LogP contribution in [-0.2, 0) is 19.1 Å². The van der Waals surface area contributed by atoms with Crippen LogP contribution >= 0.6 is 0 Å². The minimum absolute atomic E-state index is 0.248. The molecule has 5 heteroatoms. The quantitative estimate of drug-likeness (QED) is 0.785. The Labute approximate surface area is 130 Å². The lowest BCUT2D eigenvalue weighted by Crippen LogP contribution is -2.48. The van der Waals surface area contributed by atoms with Crippen molar-refractivity contribution in [3.05, 3.63) is 35.9 Å². The van der Waals surface area contributed by atoms with Crippen molar-refractivity contribution >= 4 is 17.8 Å². The van der Waals surface area contributed by atoms with Crippen molar-refractivity contribution in [1.29, 1.82) is 0 Å². The molecule has 0 spiro atoms. The zero-order valence-electron chi connectivity index (χ0n) is 13.3. The van der Waals surface area contributed by atoms with Gasteiger partial charge in [-0.1, -0.05) is 32.0 Å². The third kappa shape index (κ3) is 3.35. The van der Waals surface area contributed by atoms with Gasteiger partial charge in [0.1, 0.15) is 0 Å². The number of aliphatic imine (C=N–C) groups is 1. The second-order valence-corrected chi connectivity index (χ2v) is 6.02. The van der Waals surface area contributed by atoms with Gasteiger partial charge in [-0.3, -0.25) is 9.59 Å². The fourth-order valence-corrected chi connectivity index (χ4v) is 2.39. The maximum absolute atomic E-state index is 12.4. The van der Waals surface area contributed by atoms with E-state index in [9.17, 15) is 9.59 Å². The molecule has 1 aromatic carbocycles. The molecule has 0 bridgehead atoms. The smallest absolute Gasteiger partial charge is 0.303 e. The second-order valence-electron chi connectivity index (χ2n) is 6.02. The van der Waals surface area contributed by atoms with Gasteiger partial charge < -0.3 is 9.47 Å². The summed E-state index contributed by atoms with van der Waals surface area (Å²) in [5.74, 6) is -0.331. The fourth-order valence-electron chi connectivity index (χ4n) is 2.39. The summed E-state index contributed by atoms with van der Waals surface area (Å²) in [4.78, 5) is 27.8. The average molecular weight is 303 g/mol. The number of carbonyl (C=O) groups excluding carboxylic acids is 2. The number of hydrogen-bond acceptors (Lipinski definition) is 4. The van der Waals surface area contributed by atoms with Gasteiger partial charge in [0.25, 0.3) is 5.91 Å². The highest BCUT2D eigenvalue weighted by molar-refractivity contribution is 6.09. The Hall–Kier alpha value is -2.17. The lowest BCUT2D eigenvalue weighted by atomic mass is 9.91. The third-order valence-electron chi connectivity index (χ3n) is 3.57. The van der Waals surface area contributed by atoms with Crippen LogP contribution in [0.25, 0.3) is 0 Å². The normalized spacial score (nSPS) is 22.2. The number of nitrogens with zero attached hydrogens (tertiary/aromatic N) is 1. The number of esters is 1. The molecule has 0 saturated heterocycles. The Bertz CT molecular complexity index is 594. The first kappa shape index (κ1) is 16.2. The van der Waals surface area contributed by atoms with E-state index in [0.29, 0.717) is 6.42 Å². The zero-order chi connectivity index (χ0) is 16.3. The highest BCUT2D eigenvalue weighted by Crippen LogP contribution is 2.31. The summed E-state index contributed by atoms with van der Waals surface area (Å²) < 4.78 is 11.2. The number of carbonyl (C=O) groups is 2. The Morgan fingerprint density at radius 2 is 1.95 bits per heavy atom. The van der Waals surface area contributed by atoms with Crippen molar-refractivity contribution in [3.63, 3.8) is 0 Å². The van der Waals surface area contributed by atoms with Gasteiger partial charge in [-0.2, -0.15) is 4.99 Å². The van der Waals surface area contributed by atoms with Gasteiger partial charge in [0, 0.05) is 12.5 Å². The third-order valence-corrected chi connectivity index (χ3v) is 3.57. The van der Waals surface area contributed by atoms with Gasteiger partial charge in [0.05, 0.1) is 0 Å². The first-order chi connectivity index (χ1) is 10.3. The average Bonchev–Trinajstić information content (AvgIpc) is 2.75. The molecule has 0 fully saturated rings. The van der Waals surface area contributed by atoms with E-state index in [4.69, 9.17) is 9.47 Å². The summed E-state index contributed by atoms with van der Waals surface area (Å²) in [5.41, 5.74) is -0.549. The highest BCUT2D eigenvalue weighted by Gasteiger charge is 2.51. The van der Waals surface area contributed by atoms with Crippen LogP contribution in [0.3, 0.4) is 0 Å². The summed E-state index contributed by atoms with van der Waals surface area (Å²) in [6, 6.07) is 9.21. The molecule has 1 amide bonds. The van der Waals surface area contributed by atoms with Crippen molar-refractivity contribution in [2.45, 2.75) is 45.8 Å². The Kier molecular flexibility index (Phi) is 4.64. The Morgan fingerprint density at radius 1 is 1.32 bits per heavy atom. The van der Waals surface area contributed by atoms with Crippen LogP contribution in [0, 0.1) is 5.92 Å². The molecule has 0 unspecified atom stereocenters. The van der Waals surface area contributed by atoms with Crippen molar-refractivity contribution in [1.82, 2.24) is 0 Å². The molecule has 118 valence electrons. The number of hydrogen-bond donors (Lipinski definition) is 0. The molecule has 22 heavy (non-hydrogen) atoms. The summed E-state index contributed by atoms with van der Waals surface area (Å²) in [5, 5.41) is 0. The van der Waals surface area contributed by atoms with Crippen LogP contribution in [0.2, 0.25) is 0 Å². The van der Waals surface area contributed by atoms with Gasteiger partial charge in [-0.25, -0.2) is 0 Å². The van der Waals surface area contributed by atoms with Crippen molar-refractivity contribution in [2.75, 3.05) is 0 Å².